The second-order valence-electron chi connectivity index (χ2n) is 4.12. The first kappa shape index (κ1) is 13.8. The molecule has 94 valence electrons. The van der Waals surface area contributed by atoms with Crippen LogP contribution in [0.25, 0.3) is 0 Å². The quantitative estimate of drug-likeness (QED) is 0.791. The molecule has 0 saturated heterocycles. The number of carbonyl (C=O) groups is 1. The summed E-state index contributed by atoms with van der Waals surface area (Å²) in [5, 5.41) is 5.79. The predicted molar refractivity (Wildman–Crippen MR) is 72.7 cm³/mol. The molecule has 0 aromatic carbocycles. The molecule has 1 amide bonds. The van der Waals surface area contributed by atoms with Crippen LogP contribution in [0.5, 0.6) is 0 Å². The Balaban J connectivity index is 2.67. The molecule has 0 aliphatic rings. The van der Waals surface area contributed by atoms with Gasteiger partial charge >= 0.3 is 0 Å². The van der Waals surface area contributed by atoms with Crippen LogP contribution in [0.3, 0.4) is 0 Å². The monoisotopic (exact) mass is 300 g/mol. The molecule has 1 unspecified atom stereocenters. The van der Waals surface area contributed by atoms with Gasteiger partial charge in [0.05, 0.1) is 5.69 Å². The molecular weight excluding hydrogens is 284 g/mol. The summed E-state index contributed by atoms with van der Waals surface area (Å²) < 4.78 is 0.805. The zero-order chi connectivity index (χ0) is 13.0. The summed E-state index contributed by atoms with van der Waals surface area (Å²) in [4.78, 5) is 15.8. The zero-order valence-electron chi connectivity index (χ0n) is 10.1. The first-order valence-corrected chi connectivity index (χ1v) is 6.17. The number of anilines is 2. The second kappa shape index (κ2) is 5.86. The van der Waals surface area contributed by atoms with Crippen molar-refractivity contribution in [3.63, 3.8) is 0 Å². The molecule has 6 heteroatoms. The van der Waals surface area contributed by atoms with Crippen LogP contribution in [-0.2, 0) is 4.79 Å². The fraction of sp³-hybridized carbons (Fsp3) is 0.455. The number of pyridine rings is 1. The Hall–Kier alpha value is -1.30. The van der Waals surface area contributed by atoms with E-state index in [4.69, 9.17) is 5.73 Å². The summed E-state index contributed by atoms with van der Waals surface area (Å²) in [6.45, 7) is 5.59. The molecule has 0 saturated carbocycles. The van der Waals surface area contributed by atoms with Gasteiger partial charge in [0.15, 0.2) is 0 Å². The number of halogens is 1. The highest BCUT2D eigenvalue weighted by atomic mass is 79.9. The molecule has 1 rings (SSSR count). The van der Waals surface area contributed by atoms with E-state index in [1.165, 1.54) is 0 Å². The Morgan fingerprint density at radius 2 is 2.12 bits per heavy atom. The molecule has 1 heterocycles. The molecule has 0 spiro atoms. The van der Waals surface area contributed by atoms with Gasteiger partial charge in [0, 0.05) is 16.7 Å². The minimum Gasteiger partial charge on any atom is -0.396 e. The summed E-state index contributed by atoms with van der Waals surface area (Å²) in [7, 11) is 0. The molecule has 0 bridgehead atoms. The number of hydrogen-bond donors (Lipinski definition) is 3. The first-order chi connectivity index (χ1) is 7.90. The maximum atomic E-state index is 11.7. The molecule has 0 fully saturated rings. The van der Waals surface area contributed by atoms with Crippen LogP contribution in [0.4, 0.5) is 11.5 Å². The fourth-order valence-electron chi connectivity index (χ4n) is 1.26. The molecule has 1 aromatic heterocycles. The normalized spacial score (nSPS) is 12.3. The van der Waals surface area contributed by atoms with Crippen molar-refractivity contribution in [2.24, 2.45) is 0 Å². The van der Waals surface area contributed by atoms with Crippen LogP contribution in [0.2, 0.25) is 0 Å². The lowest BCUT2D eigenvalue weighted by molar-refractivity contribution is -0.122. The topological polar surface area (TPSA) is 80.0 Å². The van der Waals surface area contributed by atoms with Gasteiger partial charge in [-0.25, -0.2) is 4.98 Å². The van der Waals surface area contributed by atoms with Gasteiger partial charge in [0.1, 0.15) is 11.9 Å². The maximum absolute atomic E-state index is 11.7. The third kappa shape index (κ3) is 4.22. The molecule has 0 aliphatic heterocycles. The van der Waals surface area contributed by atoms with Gasteiger partial charge < -0.3 is 16.4 Å². The number of carbonyl (C=O) groups excluding carboxylic acids is 1. The lowest BCUT2D eigenvalue weighted by Gasteiger charge is -2.17. The van der Waals surface area contributed by atoms with Crippen molar-refractivity contribution >= 4 is 33.3 Å². The lowest BCUT2D eigenvalue weighted by atomic mass is 10.2. The third-order valence-electron chi connectivity index (χ3n) is 2.06. The van der Waals surface area contributed by atoms with Crippen molar-refractivity contribution in [3.05, 3.63) is 16.7 Å². The van der Waals surface area contributed by atoms with Gasteiger partial charge in [-0.05, 0) is 42.8 Å². The largest absolute Gasteiger partial charge is 0.396 e. The van der Waals surface area contributed by atoms with E-state index in [0.29, 0.717) is 11.5 Å². The molecular formula is C11H17BrN4O. The van der Waals surface area contributed by atoms with Crippen molar-refractivity contribution in [3.8, 4) is 0 Å². The maximum Gasteiger partial charge on any atom is 0.242 e. The van der Waals surface area contributed by atoms with Crippen molar-refractivity contribution in [2.75, 3.05) is 11.1 Å². The number of hydrogen-bond acceptors (Lipinski definition) is 4. The molecule has 0 aliphatic carbocycles. The van der Waals surface area contributed by atoms with Gasteiger partial charge in [-0.1, -0.05) is 0 Å². The highest BCUT2D eigenvalue weighted by Gasteiger charge is 2.14. The van der Waals surface area contributed by atoms with Crippen molar-refractivity contribution in [1.82, 2.24) is 10.3 Å². The number of nitrogen functional groups attached to an aromatic ring is 1. The van der Waals surface area contributed by atoms with Gasteiger partial charge in [-0.15, -0.1) is 0 Å². The van der Waals surface area contributed by atoms with Crippen molar-refractivity contribution in [1.29, 1.82) is 0 Å². The number of nitrogens with zero attached hydrogens (tertiary/aromatic N) is 1. The van der Waals surface area contributed by atoms with E-state index in [0.717, 1.165) is 4.47 Å². The summed E-state index contributed by atoms with van der Waals surface area (Å²) in [6.07, 6.45) is 1.63. The fourth-order valence-corrected chi connectivity index (χ4v) is 1.60. The van der Waals surface area contributed by atoms with Gasteiger partial charge in [0.25, 0.3) is 0 Å². The number of rotatable bonds is 4. The van der Waals surface area contributed by atoms with E-state index >= 15 is 0 Å². The summed E-state index contributed by atoms with van der Waals surface area (Å²) >= 11 is 3.27. The van der Waals surface area contributed by atoms with Crippen molar-refractivity contribution < 1.29 is 4.79 Å². The van der Waals surface area contributed by atoms with Crippen LogP contribution in [0.1, 0.15) is 20.8 Å². The molecule has 1 atom stereocenters. The van der Waals surface area contributed by atoms with Crippen LogP contribution in [0.15, 0.2) is 16.7 Å². The highest BCUT2D eigenvalue weighted by molar-refractivity contribution is 9.10. The van der Waals surface area contributed by atoms with E-state index < -0.39 is 0 Å². The van der Waals surface area contributed by atoms with E-state index in [2.05, 4.69) is 31.5 Å². The molecule has 1 aromatic rings. The van der Waals surface area contributed by atoms with Gasteiger partial charge in [-0.3, -0.25) is 4.79 Å². The van der Waals surface area contributed by atoms with Crippen molar-refractivity contribution in [2.45, 2.75) is 32.9 Å². The van der Waals surface area contributed by atoms with Crippen LogP contribution < -0.4 is 16.4 Å². The molecule has 17 heavy (non-hydrogen) atoms. The van der Waals surface area contributed by atoms with Crippen LogP contribution in [-0.4, -0.2) is 23.0 Å². The average Bonchev–Trinajstić information content (AvgIpc) is 2.21. The average molecular weight is 301 g/mol. The van der Waals surface area contributed by atoms with E-state index in [-0.39, 0.29) is 18.0 Å². The Kier molecular flexibility index (Phi) is 4.74. The Labute approximate surface area is 109 Å². The number of nitrogens with two attached hydrogens (primary N) is 1. The molecule has 0 radical (unpaired) electrons. The van der Waals surface area contributed by atoms with E-state index in [1.807, 2.05) is 13.8 Å². The van der Waals surface area contributed by atoms with Gasteiger partial charge in [-0.2, -0.15) is 0 Å². The summed E-state index contributed by atoms with van der Waals surface area (Å²) in [5.41, 5.74) is 6.29. The summed E-state index contributed by atoms with van der Waals surface area (Å²) in [5.74, 6) is 0.434. The van der Waals surface area contributed by atoms with Crippen LogP contribution in [0, 0.1) is 0 Å². The molecule has 5 nitrogen and oxygen atoms in total. The smallest absolute Gasteiger partial charge is 0.242 e. The van der Waals surface area contributed by atoms with Gasteiger partial charge in [0.2, 0.25) is 5.91 Å². The highest BCUT2D eigenvalue weighted by Crippen LogP contribution is 2.20. The number of aromatic nitrogens is 1. The zero-order valence-corrected chi connectivity index (χ0v) is 11.7. The Bertz CT molecular complexity index is 408. The first-order valence-electron chi connectivity index (χ1n) is 5.38. The summed E-state index contributed by atoms with van der Waals surface area (Å²) in [6, 6.07) is 1.47. The number of amides is 1. The van der Waals surface area contributed by atoms with Crippen LogP contribution >= 0.6 is 15.9 Å². The Morgan fingerprint density at radius 1 is 1.47 bits per heavy atom. The molecule has 4 N–H and O–H groups in total. The minimum atomic E-state index is -0.381. The lowest BCUT2D eigenvalue weighted by Crippen LogP contribution is -2.41. The number of nitrogens with one attached hydrogen (secondary N) is 2. The Morgan fingerprint density at radius 3 is 2.65 bits per heavy atom. The minimum absolute atomic E-state index is 0.0795. The van der Waals surface area contributed by atoms with E-state index in [9.17, 15) is 4.79 Å². The standard InChI is InChI=1S/C11H17BrN4O/c1-6(2)15-11(17)7(3)16-10-9(13)4-8(12)5-14-10/h4-7H,13H2,1-3H3,(H,14,16)(H,15,17). The van der Waals surface area contributed by atoms with E-state index in [1.54, 1.807) is 19.2 Å². The second-order valence-corrected chi connectivity index (χ2v) is 5.04. The third-order valence-corrected chi connectivity index (χ3v) is 2.49. The SMILES string of the molecule is CC(C)NC(=O)C(C)Nc1ncc(Br)cc1N. The predicted octanol–water partition coefficient (Wildman–Crippen LogP) is 1.75.